The average Bonchev–Trinajstić information content (AvgIpc) is 2.74. The number of halogens is 1. The van der Waals surface area contributed by atoms with Crippen molar-refractivity contribution in [3.05, 3.63) is 23.0 Å². The number of hydrogen-bond donors (Lipinski definition) is 2. The summed E-state index contributed by atoms with van der Waals surface area (Å²) in [6.07, 6.45) is 1.19. The summed E-state index contributed by atoms with van der Waals surface area (Å²) in [5.74, 6) is -0.120. The fraction of sp³-hybridized carbons (Fsp3) is 0.545. The second-order valence-corrected chi connectivity index (χ2v) is 4.63. The molecule has 1 aliphatic rings. The van der Waals surface area contributed by atoms with Crippen LogP contribution in [0.5, 0.6) is 0 Å². The number of aromatic amines is 1. The van der Waals surface area contributed by atoms with E-state index in [9.17, 15) is 4.79 Å². The predicted octanol–water partition coefficient (Wildman–Crippen LogP) is 0.890. The van der Waals surface area contributed by atoms with Gasteiger partial charge in [-0.05, 0) is 13.0 Å². The number of nitrogens with one attached hydrogen (secondary N) is 1. The maximum atomic E-state index is 12.1. The van der Waals surface area contributed by atoms with Gasteiger partial charge in [0.15, 0.2) is 0 Å². The maximum Gasteiger partial charge on any atom is 0.270 e. The smallest absolute Gasteiger partial charge is 0.270 e. The van der Waals surface area contributed by atoms with Crippen molar-refractivity contribution in [3.8, 4) is 0 Å². The fourth-order valence-electron chi connectivity index (χ4n) is 1.97. The van der Waals surface area contributed by atoms with E-state index in [1.165, 1.54) is 0 Å². The highest BCUT2D eigenvalue weighted by molar-refractivity contribution is 6.30. The molecule has 2 N–H and O–H groups in total. The standard InChI is InChI=1S/C11H15ClN2O3/c1-7-4-14(5-9(6-15)17-7)11(16)10-2-8(12)3-13-10/h2-3,7,9,13,15H,4-6H2,1H3. The molecule has 1 amide bonds. The van der Waals surface area contributed by atoms with E-state index in [0.29, 0.717) is 23.8 Å². The minimum absolute atomic E-state index is 0.0738. The zero-order valence-electron chi connectivity index (χ0n) is 9.52. The van der Waals surface area contributed by atoms with Gasteiger partial charge in [-0.1, -0.05) is 11.6 Å². The first-order valence-corrected chi connectivity index (χ1v) is 5.87. The van der Waals surface area contributed by atoms with E-state index in [4.69, 9.17) is 21.4 Å². The Balaban J connectivity index is 2.08. The van der Waals surface area contributed by atoms with Gasteiger partial charge in [0.25, 0.3) is 5.91 Å². The van der Waals surface area contributed by atoms with Crippen LogP contribution < -0.4 is 0 Å². The van der Waals surface area contributed by atoms with Gasteiger partial charge in [-0.15, -0.1) is 0 Å². The van der Waals surface area contributed by atoms with Crippen LogP contribution in [0.25, 0.3) is 0 Å². The van der Waals surface area contributed by atoms with Crippen LogP contribution in [0, 0.1) is 0 Å². The highest BCUT2D eigenvalue weighted by Crippen LogP contribution is 2.16. The quantitative estimate of drug-likeness (QED) is 0.828. The van der Waals surface area contributed by atoms with E-state index >= 15 is 0 Å². The molecule has 0 bridgehead atoms. The van der Waals surface area contributed by atoms with E-state index in [0.717, 1.165) is 0 Å². The molecule has 2 rings (SSSR count). The van der Waals surface area contributed by atoms with E-state index < -0.39 is 0 Å². The molecule has 0 aromatic carbocycles. The number of H-pyrrole nitrogens is 1. The average molecular weight is 259 g/mol. The van der Waals surface area contributed by atoms with E-state index in [1.807, 2.05) is 6.92 Å². The molecule has 0 radical (unpaired) electrons. The monoisotopic (exact) mass is 258 g/mol. The normalized spacial score (nSPS) is 25.0. The number of aliphatic hydroxyl groups excluding tert-OH is 1. The van der Waals surface area contributed by atoms with Gasteiger partial charge < -0.3 is 19.7 Å². The van der Waals surface area contributed by atoms with Crippen molar-refractivity contribution in [3.63, 3.8) is 0 Å². The molecule has 94 valence electrons. The van der Waals surface area contributed by atoms with Crippen LogP contribution in [0.1, 0.15) is 17.4 Å². The van der Waals surface area contributed by atoms with E-state index in [2.05, 4.69) is 4.98 Å². The number of morpholine rings is 1. The first-order chi connectivity index (χ1) is 8.10. The highest BCUT2D eigenvalue weighted by atomic mass is 35.5. The molecule has 1 saturated heterocycles. The molecule has 1 aromatic heterocycles. The van der Waals surface area contributed by atoms with Gasteiger partial charge in [0, 0.05) is 19.3 Å². The molecule has 2 heterocycles. The van der Waals surface area contributed by atoms with E-state index in [1.54, 1.807) is 17.2 Å². The third kappa shape index (κ3) is 2.80. The van der Waals surface area contributed by atoms with Gasteiger partial charge in [0.05, 0.1) is 23.8 Å². The van der Waals surface area contributed by atoms with Crippen LogP contribution in [0.3, 0.4) is 0 Å². The Labute approximate surface area is 104 Å². The van der Waals surface area contributed by atoms with Crippen molar-refractivity contribution in [2.45, 2.75) is 19.1 Å². The van der Waals surface area contributed by atoms with Crippen LogP contribution in [0.15, 0.2) is 12.3 Å². The Kier molecular flexibility index (Phi) is 3.71. The van der Waals surface area contributed by atoms with Gasteiger partial charge in [-0.2, -0.15) is 0 Å². The molecule has 17 heavy (non-hydrogen) atoms. The zero-order valence-corrected chi connectivity index (χ0v) is 10.3. The number of carbonyl (C=O) groups excluding carboxylic acids is 1. The maximum absolute atomic E-state index is 12.1. The number of nitrogens with zero attached hydrogens (tertiary/aromatic N) is 1. The third-order valence-electron chi connectivity index (χ3n) is 2.70. The second-order valence-electron chi connectivity index (χ2n) is 4.19. The number of ether oxygens (including phenoxy) is 1. The summed E-state index contributed by atoms with van der Waals surface area (Å²) in [6.45, 7) is 2.71. The molecule has 1 fully saturated rings. The molecule has 2 atom stereocenters. The zero-order chi connectivity index (χ0) is 12.4. The topological polar surface area (TPSA) is 65.6 Å². The number of aromatic nitrogens is 1. The lowest BCUT2D eigenvalue weighted by atomic mass is 10.2. The summed E-state index contributed by atoms with van der Waals surface area (Å²) in [5, 5.41) is 9.60. The van der Waals surface area contributed by atoms with Gasteiger partial charge >= 0.3 is 0 Å². The Morgan fingerprint density at radius 1 is 1.71 bits per heavy atom. The SMILES string of the molecule is CC1CN(C(=O)c2cc(Cl)c[nH]2)CC(CO)O1. The Morgan fingerprint density at radius 2 is 2.47 bits per heavy atom. The summed E-state index contributed by atoms with van der Waals surface area (Å²) in [7, 11) is 0. The summed E-state index contributed by atoms with van der Waals surface area (Å²) in [4.78, 5) is 16.6. The van der Waals surface area contributed by atoms with Crippen LogP contribution >= 0.6 is 11.6 Å². The van der Waals surface area contributed by atoms with Crippen LogP contribution in [-0.2, 0) is 4.74 Å². The lowest BCUT2D eigenvalue weighted by Crippen LogP contribution is -2.50. The molecular formula is C11H15ClN2O3. The highest BCUT2D eigenvalue weighted by Gasteiger charge is 2.29. The molecule has 1 aromatic rings. The summed E-state index contributed by atoms with van der Waals surface area (Å²) < 4.78 is 5.48. The number of amides is 1. The number of aliphatic hydroxyl groups is 1. The lowest BCUT2D eigenvalue weighted by molar-refractivity contribution is -0.0859. The Morgan fingerprint density at radius 3 is 3.06 bits per heavy atom. The third-order valence-corrected chi connectivity index (χ3v) is 2.91. The summed E-state index contributed by atoms with van der Waals surface area (Å²) >= 11 is 5.76. The Bertz CT molecular complexity index is 407. The van der Waals surface area contributed by atoms with Gasteiger partial charge in [0.2, 0.25) is 0 Å². The molecule has 0 spiro atoms. The van der Waals surface area contributed by atoms with Crippen LogP contribution in [0.4, 0.5) is 0 Å². The Hall–Kier alpha value is -1.04. The van der Waals surface area contributed by atoms with E-state index in [-0.39, 0.29) is 24.7 Å². The van der Waals surface area contributed by atoms with Crippen molar-refractivity contribution in [2.75, 3.05) is 19.7 Å². The molecule has 5 nitrogen and oxygen atoms in total. The molecule has 0 saturated carbocycles. The molecule has 6 heteroatoms. The largest absolute Gasteiger partial charge is 0.394 e. The van der Waals surface area contributed by atoms with Crippen molar-refractivity contribution >= 4 is 17.5 Å². The molecule has 2 unspecified atom stereocenters. The van der Waals surface area contributed by atoms with Gasteiger partial charge in [0.1, 0.15) is 5.69 Å². The number of carbonyl (C=O) groups is 1. The van der Waals surface area contributed by atoms with Crippen LogP contribution in [0.2, 0.25) is 5.02 Å². The minimum atomic E-state index is -0.312. The first-order valence-electron chi connectivity index (χ1n) is 5.49. The van der Waals surface area contributed by atoms with Crippen molar-refractivity contribution in [1.29, 1.82) is 0 Å². The minimum Gasteiger partial charge on any atom is -0.394 e. The van der Waals surface area contributed by atoms with Gasteiger partial charge in [-0.3, -0.25) is 4.79 Å². The van der Waals surface area contributed by atoms with Crippen molar-refractivity contribution in [1.82, 2.24) is 9.88 Å². The summed E-state index contributed by atoms with van der Waals surface area (Å²) in [6, 6.07) is 1.60. The summed E-state index contributed by atoms with van der Waals surface area (Å²) in [5.41, 5.74) is 0.459. The molecular weight excluding hydrogens is 244 g/mol. The molecule has 1 aliphatic heterocycles. The predicted molar refractivity (Wildman–Crippen MR) is 63.1 cm³/mol. The fourth-order valence-corrected chi connectivity index (χ4v) is 2.14. The second kappa shape index (κ2) is 5.08. The van der Waals surface area contributed by atoms with Gasteiger partial charge in [-0.25, -0.2) is 0 Å². The molecule has 0 aliphatic carbocycles. The van der Waals surface area contributed by atoms with Crippen molar-refractivity contribution < 1.29 is 14.6 Å². The number of rotatable bonds is 2. The van der Waals surface area contributed by atoms with Crippen molar-refractivity contribution in [2.24, 2.45) is 0 Å². The van der Waals surface area contributed by atoms with Crippen LogP contribution in [-0.4, -0.2) is 52.8 Å². The first kappa shape index (κ1) is 12.4. The number of hydrogen-bond acceptors (Lipinski definition) is 3. The lowest BCUT2D eigenvalue weighted by Gasteiger charge is -2.35.